The maximum absolute atomic E-state index is 6.09. The van der Waals surface area contributed by atoms with E-state index in [1.807, 2.05) is 42.5 Å². The van der Waals surface area contributed by atoms with Crippen LogP contribution >= 0.6 is 59.4 Å². The molecule has 2 nitrogen and oxygen atoms in total. The minimum atomic E-state index is 0.504. The predicted molar refractivity (Wildman–Crippen MR) is 124 cm³/mol. The summed E-state index contributed by atoms with van der Waals surface area (Å²) < 4.78 is 8.88. The third-order valence-corrected chi connectivity index (χ3v) is 5.98. The monoisotopic (exact) mass is 571 g/mol. The van der Waals surface area contributed by atoms with Crippen LogP contribution in [0.1, 0.15) is 16.7 Å². The molecule has 0 saturated carbocycles. The van der Waals surface area contributed by atoms with Crippen LogP contribution < -0.4 is 10.1 Å². The van der Waals surface area contributed by atoms with E-state index in [9.17, 15) is 0 Å². The van der Waals surface area contributed by atoms with Gasteiger partial charge >= 0.3 is 0 Å². The van der Waals surface area contributed by atoms with Gasteiger partial charge in [0.15, 0.2) is 0 Å². The third kappa shape index (κ3) is 5.74. The zero-order chi connectivity index (χ0) is 19.4. The summed E-state index contributed by atoms with van der Waals surface area (Å²) in [5, 5.41) is 4.16. The summed E-state index contributed by atoms with van der Waals surface area (Å²) in [6, 6.07) is 18.1. The highest BCUT2D eigenvalue weighted by Gasteiger charge is 2.10. The Morgan fingerprint density at radius 1 is 0.889 bits per heavy atom. The first-order chi connectivity index (χ1) is 12.9. The average molecular weight is 575 g/mol. The number of rotatable bonds is 6. The number of hydrogen-bond donors (Lipinski definition) is 1. The number of anilines is 1. The largest absolute Gasteiger partial charge is 0.487 e. The lowest BCUT2D eigenvalue weighted by atomic mass is 10.1. The zero-order valence-corrected chi connectivity index (χ0v) is 20.0. The number of halogens is 4. The van der Waals surface area contributed by atoms with Crippen LogP contribution in [0.5, 0.6) is 5.75 Å². The fourth-order valence-electron chi connectivity index (χ4n) is 2.57. The van der Waals surface area contributed by atoms with Crippen molar-refractivity contribution in [2.24, 2.45) is 0 Å². The molecular formula is C21H17Br3ClNO. The highest BCUT2D eigenvalue weighted by Crippen LogP contribution is 2.35. The second-order valence-electron chi connectivity index (χ2n) is 6.12. The Morgan fingerprint density at radius 3 is 2.22 bits per heavy atom. The SMILES string of the molecule is Cc1ccc(Cl)cc1NCc1cc(Br)c(OCc2ccc(Br)cc2)c(Br)c1. The van der Waals surface area contributed by atoms with E-state index in [1.165, 1.54) is 0 Å². The van der Waals surface area contributed by atoms with E-state index < -0.39 is 0 Å². The molecule has 0 saturated heterocycles. The topological polar surface area (TPSA) is 21.3 Å². The van der Waals surface area contributed by atoms with Crippen molar-refractivity contribution in [3.8, 4) is 5.75 Å². The molecule has 0 radical (unpaired) electrons. The van der Waals surface area contributed by atoms with Crippen LogP contribution in [0.4, 0.5) is 5.69 Å². The molecule has 0 atom stereocenters. The van der Waals surface area contributed by atoms with Crippen molar-refractivity contribution >= 4 is 65.1 Å². The molecule has 0 aromatic heterocycles. The van der Waals surface area contributed by atoms with Gasteiger partial charge in [-0.25, -0.2) is 0 Å². The molecule has 0 aliphatic heterocycles. The van der Waals surface area contributed by atoms with Gasteiger partial charge in [-0.2, -0.15) is 0 Å². The van der Waals surface area contributed by atoms with Gasteiger partial charge < -0.3 is 10.1 Å². The highest BCUT2D eigenvalue weighted by molar-refractivity contribution is 9.11. The van der Waals surface area contributed by atoms with Gasteiger partial charge in [0.2, 0.25) is 0 Å². The lowest BCUT2D eigenvalue weighted by Gasteiger charge is -2.14. The van der Waals surface area contributed by atoms with Gasteiger partial charge in [-0.1, -0.05) is 45.7 Å². The Balaban J connectivity index is 1.68. The van der Waals surface area contributed by atoms with Crippen molar-refractivity contribution in [1.29, 1.82) is 0 Å². The predicted octanol–water partition coefficient (Wildman–Crippen LogP) is 8.13. The Bertz CT molecular complexity index is 922. The maximum Gasteiger partial charge on any atom is 0.148 e. The molecule has 1 N–H and O–H groups in total. The Hall–Kier alpha value is -1.01. The first kappa shape index (κ1) is 20.7. The molecule has 3 rings (SSSR count). The molecule has 0 fully saturated rings. The Kier molecular flexibility index (Phi) is 7.26. The molecule has 140 valence electrons. The van der Waals surface area contributed by atoms with Crippen LogP contribution in [0.15, 0.2) is 68.0 Å². The van der Waals surface area contributed by atoms with Crippen LogP contribution in [0.2, 0.25) is 5.02 Å². The van der Waals surface area contributed by atoms with Gasteiger partial charge in [0.05, 0.1) is 8.95 Å². The van der Waals surface area contributed by atoms with Crippen LogP contribution in [-0.4, -0.2) is 0 Å². The lowest BCUT2D eigenvalue weighted by Crippen LogP contribution is -2.02. The molecule has 3 aromatic rings. The summed E-state index contributed by atoms with van der Waals surface area (Å²) in [5.74, 6) is 0.792. The number of aryl methyl sites for hydroxylation is 1. The molecule has 0 spiro atoms. The molecule has 0 heterocycles. The second kappa shape index (κ2) is 9.46. The average Bonchev–Trinajstić information content (AvgIpc) is 2.63. The Labute approximate surface area is 189 Å². The molecular weight excluding hydrogens is 557 g/mol. The first-order valence-corrected chi connectivity index (χ1v) is 11.0. The normalized spacial score (nSPS) is 10.7. The first-order valence-electron chi connectivity index (χ1n) is 8.27. The summed E-state index contributed by atoms with van der Waals surface area (Å²) in [4.78, 5) is 0. The summed E-state index contributed by atoms with van der Waals surface area (Å²) >= 11 is 16.8. The van der Waals surface area contributed by atoms with Crippen molar-refractivity contribution in [2.75, 3.05) is 5.32 Å². The van der Waals surface area contributed by atoms with Crippen molar-refractivity contribution in [1.82, 2.24) is 0 Å². The summed E-state index contributed by atoms with van der Waals surface area (Å²) in [5.41, 5.74) is 4.43. The number of hydrogen-bond acceptors (Lipinski definition) is 2. The van der Waals surface area contributed by atoms with Gasteiger partial charge in [-0.3, -0.25) is 0 Å². The van der Waals surface area contributed by atoms with Gasteiger partial charge in [-0.05, 0) is 91.9 Å². The minimum absolute atomic E-state index is 0.504. The summed E-state index contributed by atoms with van der Waals surface area (Å²) in [7, 11) is 0. The number of nitrogens with one attached hydrogen (secondary N) is 1. The van der Waals surface area contributed by atoms with Gasteiger partial charge in [0.1, 0.15) is 12.4 Å². The van der Waals surface area contributed by atoms with Crippen LogP contribution in [-0.2, 0) is 13.2 Å². The van der Waals surface area contributed by atoms with E-state index >= 15 is 0 Å². The van der Waals surface area contributed by atoms with Crippen molar-refractivity contribution < 1.29 is 4.74 Å². The number of benzene rings is 3. The van der Waals surface area contributed by atoms with E-state index in [2.05, 4.69) is 72.2 Å². The molecule has 0 unspecified atom stereocenters. The van der Waals surface area contributed by atoms with E-state index in [4.69, 9.17) is 16.3 Å². The van der Waals surface area contributed by atoms with Gasteiger partial charge in [0.25, 0.3) is 0 Å². The fraction of sp³-hybridized carbons (Fsp3) is 0.143. The molecule has 0 bridgehead atoms. The van der Waals surface area contributed by atoms with Crippen LogP contribution in [0.3, 0.4) is 0 Å². The molecule has 27 heavy (non-hydrogen) atoms. The van der Waals surface area contributed by atoms with Gasteiger partial charge in [-0.15, -0.1) is 0 Å². The van der Waals surface area contributed by atoms with Crippen molar-refractivity contribution in [2.45, 2.75) is 20.1 Å². The summed E-state index contributed by atoms with van der Waals surface area (Å²) in [6.07, 6.45) is 0. The van der Waals surface area contributed by atoms with Crippen molar-refractivity contribution in [3.63, 3.8) is 0 Å². The third-order valence-electron chi connectivity index (χ3n) is 4.04. The van der Waals surface area contributed by atoms with Crippen LogP contribution in [0, 0.1) is 6.92 Å². The molecule has 0 aliphatic rings. The quantitative estimate of drug-likeness (QED) is 0.321. The lowest BCUT2D eigenvalue weighted by molar-refractivity contribution is 0.302. The van der Waals surface area contributed by atoms with Crippen molar-refractivity contribution in [3.05, 3.63) is 89.7 Å². The van der Waals surface area contributed by atoms with Gasteiger partial charge in [0, 0.05) is 21.7 Å². The Morgan fingerprint density at radius 2 is 1.56 bits per heavy atom. The van der Waals surface area contributed by atoms with E-state index in [-0.39, 0.29) is 0 Å². The zero-order valence-electron chi connectivity index (χ0n) is 14.5. The van der Waals surface area contributed by atoms with E-state index in [0.29, 0.717) is 13.2 Å². The maximum atomic E-state index is 6.09. The molecule has 0 amide bonds. The fourth-order valence-corrected chi connectivity index (χ4v) is 4.52. The standard InChI is InChI=1S/C21H17Br3ClNO/c1-13-2-7-17(25)10-20(13)26-11-15-8-18(23)21(19(24)9-15)27-12-14-3-5-16(22)6-4-14/h2-10,26H,11-12H2,1H3. The number of ether oxygens (including phenoxy) is 1. The smallest absolute Gasteiger partial charge is 0.148 e. The van der Waals surface area contributed by atoms with Crippen LogP contribution in [0.25, 0.3) is 0 Å². The second-order valence-corrected chi connectivity index (χ2v) is 9.18. The minimum Gasteiger partial charge on any atom is -0.487 e. The van der Waals surface area contributed by atoms with E-state index in [1.54, 1.807) is 0 Å². The summed E-state index contributed by atoms with van der Waals surface area (Å²) in [6.45, 7) is 3.25. The molecule has 3 aromatic carbocycles. The molecule has 6 heteroatoms. The van der Waals surface area contributed by atoms with E-state index in [0.717, 1.165) is 46.6 Å². The highest BCUT2D eigenvalue weighted by atomic mass is 79.9. The molecule has 0 aliphatic carbocycles.